The lowest BCUT2D eigenvalue weighted by molar-refractivity contribution is 0.102. The highest BCUT2D eigenvalue weighted by Crippen LogP contribution is 2.23. The van der Waals surface area contributed by atoms with E-state index in [-0.39, 0.29) is 10.7 Å². The molecule has 0 bridgehead atoms. The Bertz CT molecular complexity index is 634. The summed E-state index contributed by atoms with van der Waals surface area (Å²) in [5.41, 5.74) is 1.03. The zero-order valence-corrected chi connectivity index (χ0v) is 11.5. The number of rotatable bonds is 4. The number of carbonyl (C=O) groups is 1. The third-order valence-electron chi connectivity index (χ3n) is 2.63. The van der Waals surface area contributed by atoms with Crippen molar-refractivity contribution in [1.29, 1.82) is 0 Å². The number of aromatic nitrogens is 1. The van der Waals surface area contributed by atoms with Crippen LogP contribution in [0, 0.1) is 5.82 Å². The highest BCUT2D eigenvalue weighted by atomic mass is 35.5. The predicted molar refractivity (Wildman–Crippen MR) is 77.8 cm³/mol. The van der Waals surface area contributed by atoms with Gasteiger partial charge in [0.15, 0.2) is 5.82 Å². The second-order valence-corrected chi connectivity index (χ2v) is 4.41. The van der Waals surface area contributed by atoms with Gasteiger partial charge in [0.05, 0.1) is 28.2 Å². The normalized spacial score (nSPS) is 10.2. The second-order valence-electron chi connectivity index (χ2n) is 4.01. The van der Waals surface area contributed by atoms with E-state index in [0.29, 0.717) is 17.8 Å². The van der Waals surface area contributed by atoms with Gasteiger partial charge in [0, 0.05) is 12.7 Å². The van der Waals surface area contributed by atoms with Crippen LogP contribution < -0.4 is 10.6 Å². The molecule has 20 heavy (non-hydrogen) atoms. The molecule has 0 atom stereocenters. The summed E-state index contributed by atoms with van der Waals surface area (Å²) in [6.45, 7) is 2.56. The number of halogens is 2. The van der Waals surface area contributed by atoms with Crippen LogP contribution in [0.2, 0.25) is 5.02 Å². The molecule has 0 spiro atoms. The van der Waals surface area contributed by atoms with Gasteiger partial charge in [-0.25, -0.2) is 4.39 Å². The molecule has 4 nitrogen and oxygen atoms in total. The standard InChI is InChI=1S/C14H13ClFN3O/c1-2-18-12-8-17-7-6-9(12)14(20)19-11-5-3-4-10(15)13(11)16/h3-8,18H,2H2,1H3,(H,19,20). The van der Waals surface area contributed by atoms with Crippen LogP contribution in [0.5, 0.6) is 0 Å². The van der Waals surface area contributed by atoms with Crippen LogP contribution >= 0.6 is 11.6 Å². The fourth-order valence-electron chi connectivity index (χ4n) is 1.71. The summed E-state index contributed by atoms with van der Waals surface area (Å²) in [6.07, 6.45) is 3.05. The summed E-state index contributed by atoms with van der Waals surface area (Å²) < 4.78 is 13.8. The molecule has 0 aliphatic carbocycles. The van der Waals surface area contributed by atoms with E-state index in [1.807, 2.05) is 6.92 Å². The molecule has 1 aromatic carbocycles. The minimum absolute atomic E-state index is 0.0376. The van der Waals surface area contributed by atoms with Gasteiger partial charge in [-0.2, -0.15) is 0 Å². The van der Waals surface area contributed by atoms with E-state index >= 15 is 0 Å². The van der Waals surface area contributed by atoms with Crippen LogP contribution in [0.25, 0.3) is 0 Å². The molecule has 2 aromatic rings. The SMILES string of the molecule is CCNc1cnccc1C(=O)Nc1cccc(Cl)c1F. The maximum absolute atomic E-state index is 13.8. The molecule has 6 heteroatoms. The molecular formula is C14H13ClFN3O. The molecule has 2 N–H and O–H groups in total. The highest BCUT2D eigenvalue weighted by molar-refractivity contribution is 6.31. The van der Waals surface area contributed by atoms with E-state index in [1.54, 1.807) is 18.3 Å². The van der Waals surface area contributed by atoms with Gasteiger partial charge >= 0.3 is 0 Å². The Labute approximate surface area is 121 Å². The van der Waals surface area contributed by atoms with E-state index in [9.17, 15) is 9.18 Å². The first-order chi connectivity index (χ1) is 9.63. The summed E-state index contributed by atoms with van der Waals surface area (Å²) >= 11 is 5.68. The molecule has 0 aliphatic rings. The summed E-state index contributed by atoms with van der Waals surface area (Å²) in [6, 6.07) is 6.00. The van der Waals surface area contributed by atoms with Crippen molar-refractivity contribution in [3.63, 3.8) is 0 Å². The molecule has 0 saturated carbocycles. The summed E-state index contributed by atoms with van der Waals surface area (Å²) in [4.78, 5) is 16.1. The van der Waals surface area contributed by atoms with Crippen molar-refractivity contribution in [2.24, 2.45) is 0 Å². The average Bonchev–Trinajstić information content (AvgIpc) is 2.45. The molecule has 1 amide bonds. The smallest absolute Gasteiger partial charge is 0.257 e. The molecule has 0 fully saturated rings. The first-order valence-electron chi connectivity index (χ1n) is 6.06. The largest absolute Gasteiger partial charge is 0.383 e. The van der Waals surface area contributed by atoms with Crippen molar-refractivity contribution in [1.82, 2.24) is 4.98 Å². The Morgan fingerprint density at radius 2 is 2.15 bits per heavy atom. The number of amides is 1. The molecule has 104 valence electrons. The number of nitrogens with one attached hydrogen (secondary N) is 2. The quantitative estimate of drug-likeness (QED) is 0.906. The molecule has 0 unspecified atom stereocenters. The maximum Gasteiger partial charge on any atom is 0.257 e. The second kappa shape index (κ2) is 6.34. The van der Waals surface area contributed by atoms with Crippen molar-refractivity contribution in [3.8, 4) is 0 Å². The summed E-state index contributed by atoms with van der Waals surface area (Å²) in [7, 11) is 0. The van der Waals surface area contributed by atoms with Gasteiger partial charge in [0.1, 0.15) is 0 Å². The van der Waals surface area contributed by atoms with Crippen molar-refractivity contribution >= 4 is 28.9 Å². The molecule has 0 aliphatic heterocycles. The van der Waals surface area contributed by atoms with Gasteiger partial charge in [-0.05, 0) is 25.1 Å². The highest BCUT2D eigenvalue weighted by Gasteiger charge is 2.14. The van der Waals surface area contributed by atoms with E-state index < -0.39 is 11.7 Å². The molecular weight excluding hydrogens is 281 g/mol. The average molecular weight is 294 g/mol. The van der Waals surface area contributed by atoms with Gasteiger partial charge in [-0.1, -0.05) is 17.7 Å². The van der Waals surface area contributed by atoms with Crippen LogP contribution in [0.1, 0.15) is 17.3 Å². The van der Waals surface area contributed by atoms with Gasteiger partial charge < -0.3 is 10.6 Å². The van der Waals surface area contributed by atoms with E-state index in [1.165, 1.54) is 18.3 Å². The fourth-order valence-corrected chi connectivity index (χ4v) is 1.89. The van der Waals surface area contributed by atoms with Crippen LogP contribution in [-0.2, 0) is 0 Å². The third-order valence-corrected chi connectivity index (χ3v) is 2.92. The van der Waals surface area contributed by atoms with Crippen molar-refractivity contribution in [2.45, 2.75) is 6.92 Å². The topological polar surface area (TPSA) is 54.0 Å². The van der Waals surface area contributed by atoms with Gasteiger partial charge in [0.25, 0.3) is 5.91 Å². The van der Waals surface area contributed by atoms with Crippen LogP contribution in [-0.4, -0.2) is 17.4 Å². The summed E-state index contributed by atoms with van der Waals surface area (Å²) in [5, 5.41) is 5.49. The Morgan fingerprint density at radius 3 is 2.90 bits per heavy atom. The van der Waals surface area contributed by atoms with Crippen molar-refractivity contribution in [2.75, 3.05) is 17.2 Å². The Hall–Kier alpha value is -2.14. The molecule has 0 radical (unpaired) electrons. The minimum atomic E-state index is -0.651. The number of hydrogen-bond donors (Lipinski definition) is 2. The first-order valence-corrected chi connectivity index (χ1v) is 6.44. The number of anilines is 2. The lowest BCUT2D eigenvalue weighted by atomic mass is 10.2. The third kappa shape index (κ3) is 3.05. The fraction of sp³-hybridized carbons (Fsp3) is 0.143. The van der Waals surface area contributed by atoms with Crippen LogP contribution in [0.15, 0.2) is 36.7 Å². The molecule has 1 heterocycles. The van der Waals surface area contributed by atoms with Gasteiger partial charge in [0.2, 0.25) is 0 Å². The predicted octanol–water partition coefficient (Wildman–Crippen LogP) is 3.56. The zero-order valence-electron chi connectivity index (χ0n) is 10.8. The number of nitrogens with zero attached hydrogens (tertiary/aromatic N) is 1. The number of carbonyl (C=O) groups excluding carboxylic acids is 1. The van der Waals surface area contributed by atoms with Crippen molar-refractivity contribution in [3.05, 3.63) is 53.1 Å². The molecule has 2 rings (SSSR count). The van der Waals surface area contributed by atoms with Crippen LogP contribution in [0.4, 0.5) is 15.8 Å². The lowest BCUT2D eigenvalue weighted by Gasteiger charge is -2.11. The number of benzene rings is 1. The molecule has 1 aromatic heterocycles. The Balaban J connectivity index is 2.26. The van der Waals surface area contributed by atoms with E-state index in [2.05, 4.69) is 15.6 Å². The Morgan fingerprint density at radius 1 is 1.35 bits per heavy atom. The van der Waals surface area contributed by atoms with Crippen LogP contribution in [0.3, 0.4) is 0 Å². The van der Waals surface area contributed by atoms with Gasteiger partial charge in [-0.15, -0.1) is 0 Å². The van der Waals surface area contributed by atoms with Gasteiger partial charge in [-0.3, -0.25) is 9.78 Å². The van der Waals surface area contributed by atoms with E-state index in [4.69, 9.17) is 11.6 Å². The maximum atomic E-state index is 13.8. The molecule has 0 saturated heterocycles. The van der Waals surface area contributed by atoms with E-state index in [0.717, 1.165) is 0 Å². The summed E-state index contributed by atoms with van der Waals surface area (Å²) in [5.74, 6) is -1.08. The minimum Gasteiger partial charge on any atom is -0.383 e. The monoisotopic (exact) mass is 293 g/mol. The number of pyridine rings is 1. The number of hydrogen-bond acceptors (Lipinski definition) is 3. The zero-order chi connectivity index (χ0) is 14.5. The van der Waals surface area contributed by atoms with Crippen molar-refractivity contribution < 1.29 is 9.18 Å². The lowest BCUT2D eigenvalue weighted by Crippen LogP contribution is -2.16. The Kier molecular flexibility index (Phi) is 4.53. The first kappa shape index (κ1) is 14.3.